The van der Waals surface area contributed by atoms with Crippen molar-refractivity contribution in [2.75, 3.05) is 50.1 Å². The van der Waals surface area contributed by atoms with Gasteiger partial charge in [-0.05, 0) is 12.1 Å². The molecule has 0 saturated carbocycles. The molecule has 2 aromatic heterocycles. The number of anilines is 2. The van der Waals surface area contributed by atoms with Crippen molar-refractivity contribution in [1.82, 2.24) is 14.9 Å². The molecule has 3 rings (SSSR count). The predicted molar refractivity (Wildman–Crippen MR) is 114 cm³/mol. The van der Waals surface area contributed by atoms with Crippen molar-refractivity contribution in [2.45, 2.75) is 6.18 Å². The van der Waals surface area contributed by atoms with Gasteiger partial charge in [0.15, 0.2) is 5.82 Å². The first-order valence-electron chi connectivity index (χ1n) is 9.42. The molecule has 1 aliphatic heterocycles. The van der Waals surface area contributed by atoms with Gasteiger partial charge in [0, 0.05) is 46.5 Å². The summed E-state index contributed by atoms with van der Waals surface area (Å²) in [5, 5.41) is 18.8. The predicted octanol–water partition coefficient (Wildman–Crippen LogP) is 3.44. The second kappa shape index (κ2) is 9.28. The first-order valence-corrected chi connectivity index (χ1v) is 9.80. The Kier molecular flexibility index (Phi) is 6.70. The fourth-order valence-electron chi connectivity index (χ4n) is 3.12. The molecule has 32 heavy (non-hydrogen) atoms. The second-order valence-electron chi connectivity index (χ2n) is 7.16. The van der Waals surface area contributed by atoms with Crippen molar-refractivity contribution >= 4 is 35.4 Å². The highest BCUT2D eigenvalue weighted by Gasteiger charge is 2.32. The van der Waals surface area contributed by atoms with Gasteiger partial charge in [-0.1, -0.05) is 11.6 Å². The highest BCUT2D eigenvalue weighted by atomic mass is 35.5. The van der Waals surface area contributed by atoms with Crippen LogP contribution in [0.3, 0.4) is 0 Å². The van der Waals surface area contributed by atoms with E-state index in [4.69, 9.17) is 11.6 Å². The number of pyridine rings is 2. The fraction of sp³-hybridized carbons (Fsp3) is 0.350. The van der Waals surface area contributed by atoms with E-state index in [9.17, 15) is 23.7 Å². The van der Waals surface area contributed by atoms with E-state index in [1.165, 1.54) is 12.4 Å². The summed E-state index contributed by atoms with van der Waals surface area (Å²) in [6, 6.07) is 6.37. The summed E-state index contributed by atoms with van der Waals surface area (Å²) in [5.41, 5.74) is -0.483. The van der Waals surface area contributed by atoms with Crippen LogP contribution in [-0.4, -0.2) is 61.5 Å². The van der Waals surface area contributed by atoms with Crippen LogP contribution in [0.5, 0.6) is 0 Å². The SMILES string of the molecule is CN(C)C=Nc1nc(N2CCN(c3ncc(C(F)(F)F)cc3Cl)CC2)c(C#N)cc1C#N. The van der Waals surface area contributed by atoms with Crippen LogP contribution in [0, 0.1) is 22.7 Å². The average Bonchev–Trinajstić information content (AvgIpc) is 2.76. The maximum absolute atomic E-state index is 12.9. The van der Waals surface area contributed by atoms with E-state index in [-0.39, 0.29) is 27.8 Å². The molecule has 8 nitrogen and oxygen atoms in total. The number of hydrogen-bond donors (Lipinski definition) is 0. The molecular formula is C20H18ClF3N8. The molecule has 1 saturated heterocycles. The number of halogens is 4. The minimum Gasteiger partial charge on any atom is -0.369 e. The maximum Gasteiger partial charge on any atom is 0.417 e. The van der Waals surface area contributed by atoms with E-state index in [1.54, 1.807) is 23.9 Å². The number of hydrogen-bond acceptors (Lipinski definition) is 7. The molecule has 166 valence electrons. The first-order chi connectivity index (χ1) is 15.1. The third-order valence-corrected chi connectivity index (χ3v) is 4.94. The normalized spacial score (nSPS) is 14.4. The Morgan fingerprint density at radius 3 is 2.16 bits per heavy atom. The number of aromatic nitrogens is 2. The van der Waals surface area contributed by atoms with Gasteiger partial charge in [0.2, 0.25) is 0 Å². The third kappa shape index (κ3) is 5.01. The van der Waals surface area contributed by atoms with Gasteiger partial charge in [-0.2, -0.15) is 23.7 Å². The molecule has 0 bridgehead atoms. The Bertz CT molecular complexity index is 1110. The zero-order chi connectivity index (χ0) is 23.5. The van der Waals surface area contributed by atoms with Crippen molar-refractivity contribution in [3.8, 4) is 12.1 Å². The lowest BCUT2D eigenvalue weighted by molar-refractivity contribution is -0.137. The smallest absolute Gasteiger partial charge is 0.369 e. The van der Waals surface area contributed by atoms with E-state index in [0.29, 0.717) is 32.0 Å². The standard InChI is InChI=1S/C20H18ClF3N8/c1-30(2)12-28-17-13(9-25)7-14(10-26)18(29-17)31-3-5-32(6-4-31)19-16(21)8-15(11-27-19)20(22,23)24/h7-8,11-12H,3-6H2,1-2H3. The summed E-state index contributed by atoms with van der Waals surface area (Å²) < 4.78 is 38.6. The van der Waals surface area contributed by atoms with E-state index in [1.807, 2.05) is 11.0 Å². The van der Waals surface area contributed by atoms with Crippen molar-refractivity contribution in [2.24, 2.45) is 4.99 Å². The number of aliphatic imine (C=N–C) groups is 1. The lowest BCUT2D eigenvalue weighted by Crippen LogP contribution is -2.47. The van der Waals surface area contributed by atoms with Crippen molar-refractivity contribution in [3.63, 3.8) is 0 Å². The van der Waals surface area contributed by atoms with Gasteiger partial charge in [0.25, 0.3) is 0 Å². The van der Waals surface area contributed by atoms with Crippen LogP contribution in [-0.2, 0) is 6.18 Å². The van der Waals surface area contributed by atoms with E-state index < -0.39 is 11.7 Å². The lowest BCUT2D eigenvalue weighted by Gasteiger charge is -2.36. The summed E-state index contributed by atoms with van der Waals surface area (Å²) in [4.78, 5) is 17.9. The van der Waals surface area contributed by atoms with Crippen LogP contribution < -0.4 is 9.80 Å². The van der Waals surface area contributed by atoms with Crippen LogP contribution in [0.25, 0.3) is 0 Å². The Hall–Kier alpha value is -3.57. The van der Waals surface area contributed by atoms with Gasteiger partial charge >= 0.3 is 6.18 Å². The highest BCUT2D eigenvalue weighted by molar-refractivity contribution is 6.33. The summed E-state index contributed by atoms with van der Waals surface area (Å²) >= 11 is 6.06. The van der Waals surface area contributed by atoms with Gasteiger partial charge in [-0.3, -0.25) is 0 Å². The van der Waals surface area contributed by atoms with Crippen LogP contribution in [0.4, 0.5) is 30.6 Å². The molecule has 0 radical (unpaired) electrons. The zero-order valence-electron chi connectivity index (χ0n) is 17.2. The fourth-order valence-corrected chi connectivity index (χ4v) is 3.40. The topological polar surface area (TPSA) is 95.4 Å². The summed E-state index contributed by atoms with van der Waals surface area (Å²) in [6.45, 7) is 1.65. The number of piperazine rings is 1. The second-order valence-corrected chi connectivity index (χ2v) is 7.57. The summed E-state index contributed by atoms with van der Waals surface area (Å²) in [6.07, 6.45) is -2.25. The molecule has 0 amide bonds. The third-order valence-electron chi connectivity index (χ3n) is 4.66. The molecular weight excluding hydrogens is 445 g/mol. The van der Waals surface area contributed by atoms with E-state index in [0.717, 1.165) is 12.3 Å². The Labute approximate surface area is 187 Å². The molecule has 0 aliphatic carbocycles. The minimum absolute atomic E-state index is 0.0807. The Balaban J connectivity index is 1.83. The highest BCUT2D eigenvalue weighted by Crippen LogP contribution is 2.34. The molecule has 0 spiro atoms. The molecule has 0 N–H and O–H groups in total. The van der Waals surface area contributed by atoms with Crippen LogP contribution >= 0.6 is 11.6 Å². The molecule has 0 aromatic carbocycles. The Morgan fingerprint density at radius 1 is 1.06 bits per heavy atom. The minimum atomic E-state index is -4.52. The number of rotatable bonds is 4. The molecule has 2 aromatic rings. The lowest BCUT2D eigenvalue weighted by atomic mass is 10.1. The summed E-state index contributed by atoms with van der Waals surface area (Å²) in [5.74, 6) is 0.859. The van der Waals surface area contributed by atoms with Crippen molar-refractivity contribution in [3.05, 3.63) is 40.0 Å². The number of alkyl halides is 3. The van der Waals surface area contributed by atoms with Gasteiger partial charge in [0.1, 0.15) is 23.8 Å². The quantitative estimate of drug-likeness (QED) is 0.507. The molecule has 3 heterocycles. The monoisotopic (exact) mass is 462 g/mol. The number of nitrogens with zero attached hydrogens (tertiary/aromatic N) is 8. The van der Waals surface area contributed by atoms with Gasteiger partial charge in [0.05, 0.1) is 28.1 Å². The summed E-state index contributed by atoms with van der Waals surface area (Å²) in [7, 11) is 3.56. The average molecular weight is 463 g/mol. The zero-order valence-corrected chi connectivity index (χ0v) is 18.0. The van der Waals surface area contributed by atoms with Crippen LogP contribution in [0.1, 0.15) is 16.7 Å². The maximum atomic E-state index is 12.9. The van der Waals surface area contributed by atoms with Gasteiger partial charge in [-0.15, -0.1) is 0 Å². The van der Waals surface area contributed by atoms with Crippen molar-refractivity contribution in [1.29, 1.82) is 10.5 Å². The first kappa shape index (κ1) is 23.1. The number of nitriles is 2. The van der Waals surface area contributed by atoms with Crippen LogP contribution in [0.2, 0.25) is 5.02 Å². The molecule has 0 atom stereocenters. The van der Waals surface area contributed by atoms with E-state index in [2.05, 4.69) is 21.0 Å². The van der Waals surface area contributed by atoms with Gasteiger partial charge < -0.3 is 14.7 Å². The Morgan fingerprint density at radius 2 is 1.66 bits per heavy atom. The van der Waals surface area contributed by atoms with Gasteiger partial charge in [-0.25, -0.2) is 15.0 Å². The molecule has 1 aliphatic rings. The van der Waals surface area contributed by atoms with Crippen molar-refractivity contribution < 1.29 is 13.2 Å². The molecule has 1 fully saturated rings. The molecule has 12 heteroatoms. The van der Waals surface area contributed by atoms with Crippen LogP contribution in [0.15, 0.2) is 23.3 Å². The van der Waals surface area contributed by atoms with E-state index >= 15 is 0 Å². The molecule has 0 unspecified atom stereocenters. The largest absolute Gasteiger partial charge is 0.417 e.